The molecular weight excluding hydrogens is 168 g/mol. The topological polar surface area (TPSA) is 62.2 Å². The van der Waals surface area contributed by atoms with E-state index in [-0.39, 0.29) is 11.3 Å². The Bertz CT molecular complexity index is 350. The molecule has 2 rings (SSSR count). The van der Waals surface area contributed by atoms with Crippen LogP contribution in [0, 0.1) is 0 Å². The van der Waals surface area contributed by atoms with Gasteiger partial charge in [0.25, 0.3) is 0 Å². The van der Waals surface area contributed by atoms with E-state index in [0.717, 1.165) is 24.2 Å². The number of hydrogen-bond donors (Lipinski definition) is 2. The van der Waals surface area contributed by atoms with Crippen LogP contribution in [0.15, 0.2) is 6.20 Å². The summed E-state index contributed by atoms with van der Waals surface area (Å²) in [6.45, 7) is 1.49. The molecule has 0 saturated heterocycles. The Morgan fingerprint density at radius 1 is 1.62 bits per heavy atom. The van der Waals surface area contributed by atoms with Crippen molar-refractivity contribution in [1.29, 1.82) is 0 Å². The summed E-state index contributed by atoms with van der Waals surface area (Å²) in [5, 5.41) is 12.8. The maximum absolute atomic E-state index is 10.5. The summed E-state index contributed by atoms with van der Waals surface area (Å²) in [6, 6.07) is 0. The van der Waals surface area contributed by atoms with Gasteiger partial charge >= 0.3 is 0 Å². The number of pyridine rings is 1. The Balaban J connectivity index is 2.54. The summed E-state index contributed by atoms with van der Waals surface area (Å²) in [6.07, 6.45) is 2.77. The van der Waals surface area contributed by atoms with Gasteiger partial charge in [-0.25, -0.2) is 0 Å². The van der Waals surface area contributed by atoms with E-state index in [1.54, 1.807) is 0 Å². The predicted molar refractivity (Wildman–Crippen MR) is 46.7 cm³/mol. The number of aromatic hydroxyl groups is 1. The fourth-order valence-electron chi connectivity index (χ4n) is 1.52. The zero-order valence-corrected chi connectivity index (χ0v) is 7.08. The van der Waals surface area contributed by atoms with E-state index in [1.165, 1.54) is 6.20 Å². The van der Waals surface area contributed by atoms with Gasteiger partial charge in [0.1, 0.15) is 5.75 Å². The molecule has 68 valence electrons. The molecule has 0 fully saturated rings. The largest absolute Gasteiger partial charge is 0.507 e. The number of hydrogen-bond acceptors (Lipinski definition) is 4. The van der Waals surface area contributed by atoms with Crippen molar-refractivity contribution in [3.63, 3.8) is 0 Å². The number of aldehydes is 1. The predicted octanol–water partition coefficient (Wildman–Crippen LogP) is 0.245. The fourth-order valence-corrected chi connectivity index (χ4v) is 1.52. The lowest BCUT2D eigenvalue weighted by Crippen LogP contribution is -2.24. The van der Waals surface area contributed by atoms with Gasteiger partial charge in [-0.15, -0.1) is 0 Å². The van der Waals surface area contributed by atoms with E-state index in [0.29, 0.717) is 12.8 Å². The Kier molecular flexibility index (Phi) is 1.98. The lowest BCUT2D eigenvalue weighted by Gasteiger charge is -2.17. The maximum Gasteiger partial charge on any atom is 0.155 e. The molecule has 1 aliphatic rings. The molecule has 0 saturated carbocycles. The van der Waals surface area contributed by atoms with Gasteiger partial charge in [0, 0.05) is 18.3 Å². The van der Waals surface area contributed by atoms with Crippen LogP contribution in [0.25, 0.3) is 0 Å². The monoisotopic (exact) mass is 178 g/mol. The molecule has 0 aromatic carbocycles. The van der Waals surface area contributed by atoms with Crippen molar-refractivity contribution in [3.05, 3.63) is 23.0 Å². The van der Waals surface area contributed by atoms with E-state index < -0.39 is 0 Å². The first-order chi connectivity index (χ1) is 6.33. The molecule has 0 radical (unpaired) electrons. The first-order valence-electron chi connectivity index (χ1n) is 4.18. The van der Waals surface area contributed by atoms with Crippen molar-refractivity contribution in [2.24, 2.45) is 0 Å². The molecule has 0 spiro atoms. The molecule has 0 unspecified atom stereocenters. The van der Waals surface area contributed by atoms with Gasteiger partial charge in [-0.05, 0) is 13.0 Å². The fraction of sp³-hybridized carbons (Fsp3) is 0.333. The highest BCUT2D eigenvalue weighted by molar-refractivity contribution is 5.79. The van der Waals surface area contributed by atoms with Gasteiger partial charge < -0.3 is 10.4 Å². The molecule has 0 atom stereocenters. The van der Waals surface area contributed by atoms with E-state index in [9.17, 15) is 9.90 Å². The third-order valence-electron chi connectivity index (χ3n) is 2.24. The van der Waals surface area contributed by atoms with Crippen LogP contribution in [0.1, 0.15) is 21.6 Å². The van der Waals surface area contributed by atoms with Crippen molar-refractivity contribution in [3.8, 4) is 5.75 Å². The minimum absolute atomic E-state index is 0.0986. The number of aromatic nitrogens is 1. The Labute approximate surface area is 75.6 Å². The molecule has 0 aliphatic carbocycles. The number of carbonyl (C=O) groups excluding carboxylic acids is 1. The summed E-state index contributed by atoms with van der Waals surface area (Å²) < 4.78 is 0. The van der Waals surface area contributed by atoms with Crippen LogP contribution >= 0.6 is 0 Å². The van der Waals surface area contributed by atoms with Crippen molar-refractivity contribution < 1.29 is 9.90 Å². The number of nitrogens with one attached hydrogen (secondary N) is 1. The van der Waals surface area contributed by atoms with E-state index in [4.69, 9.17) is 0 Å². The first kappa shape index (κ1) is 8.19. The number of nitrogens with zero attached hydrogens (tertiary/aromatic N) is 1. The summed E-state index contributed by atoms with van der Waals surface area (Å²) >= 11 is 0. The third kappa shape index (κ3) is 1.29. The second-order valence-electron chi connectivity index (χ2n) is 3.03. The van der Waals surface area contributed by atoms with E-state index in [1.807, 2.05) is 0 Å². The summed E-state index contributed by atoms with van der Waals surface area (Å²) in [5.41, 5.74) is 1.93. The second-order valence-corrected chi connectivity index (χ2v) is 3.03. The maximum atomic E-state index is 10.5. The number of fused-ring (bicyclic) bond motifs is 1. The molecule has 0 amide bonds. The highest BCUT2D eigenvalue weighted by atomic mass is 16.3. The summed E-state index contributed by atoms with van der Waals surface area (Å²) in [7, 11) is 0. The second kappa shape index (κ2) is 3.14. The third-order valence-corrected chi connectivity index (χ3v) is 2.24. The molecule has 0 bridgehead atoms. The van der Waals surface area contributed by atoms with Crippen LogP contribution in [0.2, 0.25) is 0 Å². The Morgan fingerprint density at radius 3 is 3.23 bits per heavy atom. The lowest BCUT2D eigenvalue weighted by molar-refractivity contribution is 0.112. The Hall–Kier alpha value is -1.42. The van der Waals surface area contributed by atoms with Gasteiger partial charge in [-0.2, -0.15) is 0 Å². The first-order valence-corrected chi connectivity index (χ1v) is 4.18. The summed E-state index contributed by atoms with van der Waals surface area (Å²) in [5.74, 6) is 0.0986. The van der Waals surface area contributed by atoms with Crippen LogP contribution in [0.4, 0.5) is 0 Å². The zero-order valence-electron chi connectivity index (χ0n) is 7.08. The summed E-state index contributed by atoms with van der Waals surface area (Å²) in [4.78, 5) is 14.6. The highest BCUT2D eigenvalue weighted by Crippen LogP contribution is 2.25. The molecule has 1 aliphatic heterocycles. The molecule has 1 aromatic heterocycles. The molecule has 4 nitrogen and oxygen atoms in total. The van der Waals surface area contributed by atoms with Crippen molar-refractivity contribution in [2.75, 3.05) is 6.54 Å². The van der Waals surface area contributed by atoms with Gasteiger partial charge in [0.2, 0.25) is 0 Å². The van der Waals surface area contributed by atoms with Crippen LogP contribution in [0.5, 0.6) is 5.75 Å². The minimum atomic E-state index is 0.0986. The quantitative estimate of drug-likeness (QED) is 0.605. The zero-order chi connectivity index (χ0) is 9.26. The number of rotatable bonds is 1. The van der Waals surface area contributed by atoms with Crippen molar-refractivity contribution in [2.45, 2.75) is 13.0 Å². The minimum Gasteiger partial charge on any atom is -0.507 e. The van der Waals surface area contributed by atoms with E-state index >= 15 is 0 Å². The van der Waals surface area contributed by atoms with Gasteiger partial charge in [0.05, 0.1) is 11.3 Å². The van der Waals surface area contributed by atoms with Crippen molar-refractivity contribution in [1.82, 2.24) is 10.3 Å². The van der Waals surface area contributed by atoms with Gasteiger partial charge in [-0.3, -0.25) is 9.78 Å². The van der Waals surface area contributed by atoms with Crippen LogP contribution < -0.4 is 5.32 Å². The van der Waals surface area contributed by atoms with Crippen LogP contribution in [0.3, 0.4) is 0 Å². The molecular formula is C9H10N2O2. The molecule has 13 heavy (non-hydrogen) atoms. The van der Waals surface area contributed by atoms with Gasteiger partial charge in [-0.1, -0.05) is 0 Å². The smallest absolute Gasteiger partial charge is 0.155 e. The SMILES string of the molecule is O=Cc1cnc2c(c1O)CCNC2. The number of carbonyl (C=O) groups is 1. The van der Waals surface area contributed by atoms with Gasteiger partial charge in [0.15, 0.2) is 6.29 Å². The average molecular weight is 178 g/mol. The standard InChI is InChI=1S/C9H10N2O2/c12-5-6-3-11-8-4-10-2-1-7(8)9(6)13/h3,5,10H,1-2,4H2,(H,11,13). The van der Waals surface area contributed by atoms with E-state index in [2.05, 4.69) is 10.3 Å². The molecule has 4 heteroatoms. The van der Waals surface area contributed by atoms with Crippen molar-refractivity contribution >= 4 is 6.29 Å². The van der Waals surface area contributed by atoms with Crippen LogP contribution in [-0.2, 0) is 13.0 Å². The molecule has 1 aromatic rings. The van der Waals surface area contributed by atoms with Crippen LogP contribution in [-0.4, -0.2) is 22.9 Å². The average Bonchev–Trinajstić information content (AvgIpc) is 2.19. The lowest BCUT2D eigenvalue weighted by atomic mass is 10.0. The molecule has 2 N–H and O–H groups in total. The highest BCUT2D eigenvalue weighted by Gasteiger charge is 2.16. The Morgan fingerprint density at radius 2 is 2.46 bits per heavy atom. The molecule has 2 heterocycles. The normalized spacial score (nSPS) is 15.1.